The lowest BCUT2D eigenvalue weighted by molar-refractivity contribution is -0.135. The largest absolute Gasteiger partial charge is 0.480 e. The quantitative estimate of drug-likeness (QED) is 0.853. The zero-order valence-corrected chi connectivity index (χ0v) is 11.4. The predicted octanol–water partition coefficient (Wildman–Crippen LogP) is 2.12. The van der Waals surface area contributed by atoms with E-state index < -0.39 is 18.5 Å². The summed E-state index contributed by atoms with van der Waals surface area (Å²) in [4.78, 5) is 24.2. The maximum absolute atomic E-state index is 12.1. The molecule has 1 aromatic heterocycles. The van der Waals surface area contributed by atoms with Crippen LogP contribution in [0.2, 0.25) is 0 Å². The molecule has 0 bridgehead atoms. The van der Waals surface area contributed by atoms with Crippen molar-refractivity contribution >= 4 is 17.7 Å². The van der Waals surface area contributed by atoms with Crippen molar-refractivity contribution in [1.29, 1.82) is 0 Å². The number of benzene rings is 1. The fraction of sp³-hybridized carbons (Fsp3) is 0.200. The molecule has 0 atom stereocenters. The Morgan fingerprint density at radius 3 is 2.52 bits per heavy atom. The smallest absolute Gasteiger partial charge is 0.323 e. The van der Waals surface area contributed by atoms with Gasteiger partial charge in [-0.25, -0.2) is 4.79 Å². The lowest BCUT2D eigenvalue weighted by Crippen LogP contribution is -2.43. The average molecular weight is 288 g/mol. The summed E-state index contributed by atoms with van der Waals surface area (Å²) in [6.07, 6.45) is 2.12. The second kappa shape index (κ2) is 7.14. The van der Waals surface area contributed by atoms with E-state index in [1.807, 2.05) is 6.07 Å². The van der Waals surface area contributed by atoms with Gasteiger partial charge in [-0.15, -0.1) is 0 Å². The molecule has 0 unspecified atom stereocenters. The molecule has 0 aliphatic heterocycles. The first kappa shape index (κ1) is 14.6. The van der Waals surface area contributed by atoms with Crippen LogP contribution in [0.1, 0.15) is 5.76 Å². The lowest BCUT2D eigenvalue weighted by Gasteiger charge is -2.21. The number of amides is 2. The second-order valence-electron chi connectivity index (χ2n) is 4.38. The van der Waals surface area contributed by atoms with Crippen molar-refractivity contribution in [3.05, 3.63) is 54.5 Å². The number of aliphatic carboxylic acids is 1. The van der Waals surface area contributed by atoms with Crippen LogP contribution in [-0.4, -0.2) is 30.2 Å². The Balaban J connectivity index is 1.96. The van der Waals surface area contributed by atoms with Crippen LogP contribution in [0.5, 0.6) is 0 Å². The maximum Gasteiger partial charge on any atom is 0.323 e. The summed E-state index contributed by atoms with van der Waals surface area (Å²) in [5.74, 6) is -0.306. The van der Waals surface area contributed by atoms with Crippen LogP contribution in [0.15, 0.2) is 53.1 Å². The fourth-order valence-electron chi connectivity index (χ4n) is 1.87. The number of para-hydroxylation sites is 1. The summed E-state index contributed by atoms with van der Waals surface area (Å²) in [6.45, 7) is -0.0219. The van der Waals surface area contributed by atoms with Gasteiger partial charge in [0.05, 0.1) is 6.26 Å². The van der Waals surface area contributed by atoms with Crippen molar-refractivity contribution in [3.63, 3.8) is 0 Å². The molecular formula is C15H16N2O4. The number of carbonyl (C=O) groups is 2. The van der Waals surface area contributed by atoms with E-state index in [4.69, 9.17) is 9.52 Å². The number of carboxylic acid groups (broad SMARTS) is 1. The summed E-state index contributed by atoms with van der Waals surface area (Å²) < 4.78 is 5.17. The molecule has 0 fully saturated rings. The van der Waals surface area contributed by atoms with Gasteiger partial charge in [-0.2, -0.15) is 0 Å². The molecule has 0 radical (unpaired) electrons. The Morgan fingerprint density at radius 2 is 1.90 bits per heavy atom. The van der Waals surface area contributed by atoms with Crippen LogP contribution >= 0.6 is 0 Å². The van der Waals surface area contributed by atoms with Gasteiger partial charge in [0.2, 0.25) is 0 Å². The van der Waals surface area contributed by atoms with Gasteiger partial charge in [0.25, 0.3) is 0 Å². The minimum absolute atomic E-state index is 0.370. The molecule has 110 valence electrons. The molecule has 2 amide bonds. The zero-order chi connectivity index (χ0) is 15.1. The third-order valence-corrected chi connectivity index (χ3v) is 2.83. The molecule has 6 heteroatoms. The number of hydrogen-bond acceptors (Lipinski definition) is 3. The van der Waals surface area contributed by atoms with Crippen molar-refractivity contribution < 1.29 is 19.1 Å². The van der Waals surface area contributed by atoms with E-state index in [0.29, 0.717) is 18.7 Å². The topological polar surface area (TPSA) is 82.8 Å². The highest BCUT2D eigenvalue weighted by molar-refractivity contribution is 5.96. The molecule has 2 aromatic rings. The summed E-state index contributed by atoms with van der Waals surface area (Å²) in [5.41, 5.74) is 0.537. The van der Waals surface area contributed by atoms with Crippen molar-refractivity contribution in [2.75, 3.05) is 18.0 Å². The van der Waals surface area contributed by atoms with Crippen LogP contribution in [0.25, 0.3) is 0 Å². The molecule has 6 nitrogen and oxygen atoms in total. The van der Waals surface area contributed by atoms with E-state index in [1.54, 1.807) is 42.7 Å². The Morgan fingerprint density at radius 1 is 1.14 bits per heavy atom. The van der Waals surface area contributed by atoms with E-state index in [9.17, 15) is 9.59 Å². The first-order valence-corrected chi connectivity index (χ1v) is 6.51. The van der Waals surface area contributed by atoms with Crippen molar-refractivity contribution in [3.8, 4) is 0 Å². The minimum atomic E-state index is -1.07. The van der Waals surface area contributed by atoms with Crippen LogP contribution in [0, 0.1) is 0 Å². The highest BCUT2D eigenvalue weighted by Crippen LogP contribution is 2.13. The highest BCUT2D eigenvalue weighted by atomic mass is 16.4. The fourth-order valence-corrected chi connectivity index (χ4v) is 1.87. The lowest BCUT2D eigenvalue weighted by atomic mass is 10.3. The molecule has 0 aliphatic carbocycles. The molecule has 1 heterocycles. The van der Waals surface area contributed by atoms with E-state index >= 15 is 0 Å². The Hall–Kier alpha value is -2.76. The molecule has 0 saturated heterocycles. The molecule has 0 aliphatic rings. The molecule has 0 spiro atoms. The third kappa shape index (κ3) is 4.38. The van der Waals surface area contributed by atoms with Crippen LogP contribution in [0.4, 0.5) is 10.5 Å². The van der Waals surface area contributed by atoms with Gasteiger partial charge in [-0.1, -0.05) is 18.2 Å². The number of hydrogen-bond donors (Lipinski definition) is 2. The standard InChI is InChI=1S/C15H16N2O4/c18-14(19)11-17(12-5-2-1-3-6-12)15(20)16-9-8-13-7-4-10-21-13/h1-7,10H,8-9,11H2,(H,16,20)(H,18,19). The van der Waals surface area contributed by atoms with Crippen LogP contribution in [-0.2, 0) is 11.2 Å². The summed E-state index contributed by atoms with van der Waals surface area (Å²) >= 11 is 0. The minimum Gasteiger partial charge on any atom is -0.480 e. The van der Waals surface area contributed by atoms with E-state index in [-0.39, 0.29) is 0 Å². The Labute approximate surface area is 122 Å². The number of urea groups is 1. The Kier molecular flexibility index (Phi) is 4.98. The third-order valence-electron chi connectivity index (χ3n) is 2.83. The van der Waals surface area contributed by atoms with Gasteiger partial charge in [-0.05, 0) is 24.3 Å². The van der Waals surface area contributed by atoms with Crippen molar-refractivity contribution in [2.24, 2.45) is 0 Å². The summed E-state index contributed by atoms with van der Waals surface area (Å²) in [6, 6.07) is 11.8. The number of rotatable bonds is 6. The molecule has 1 aromatic carbocycles. The van der Waals surface area contributed by atoms with Crippen LogP contribution in [0.3, 0.4) is 0 Å². The average Bonchev–Trinajstić information content (AvgIpc) is 2.98. The second-order valence-corrected chi connectivity index (χ2v) is 4.38. The van der Waals surface area contributed by atoms with E-state index in [0.717, 1.165) is 5.76 Å². The molecule has 2 N–H and O–H groups in total. The number of carboxylic acids is 1. The molecule has 21 heavy (non-hydrogen) atoms. The van der Waals surface area contributed by atoms with Crippen molar-refractivity contribution in [2.45, 2.75) is 6.42 Å². The van der Waals surface area contributed by atoms with Crippen LogP contribution < -0.4 is 10.2 Å². The van der Waals surface area contributed by atoms with Gasteiger partial charge >= 0.3 is 12.0 Å². The van der Waals surface area contributed by atoms with Gasteiger partial charge in [0.1, 0.15) is 12.3 Å². The van der Waals surface area contributed by atoms with E-state index in [2.05, 4.69) is 5.32 Å². The predicted molar refractivity (Wildman–Crippen MR) is 77.2 cm³/mol. The first-order valence-electron chi connectivity index (χ1n) is 6.51. The molecular weight excluding hydrogens is 272 g/mol. The number of furan rings is 1. The van der Waals surface area contributed by atoms with Crippen molar-refractivity contribution in [1.82, 2.24) is 5.32 Å². The SMILES string of the molecule is O=C(O)CN(C(=O)NCCc1ccco1)c1ccccc1. The zero-order valence-electron chi connectivity index (χ0n) is 11.4. The number of nitrogens with one attached hydrogen (secondary N) is 1. The first-order chi connectivity index (χ1) is 10.2. The van der Waals surface area contributed by atoms with Gasteiger partial charge in [0, 0.05) is 18.7 Å². The monoisotopic (exact) mass is 288 g/mol. The molecule has 0 saturated carbocycles. The number of nitrogens with zero attached hydrogens (tertiary/aromatic N) is 1. The summed E-state index contributed by atoms with van der Waals surface area (Å²) in [7, 11) is 0. The maximum atomic E-state index is 12.1. The Bertz CT molecular complexity index is 581. The summed E-state index contributed by atoms with van der Waals surface area (Å²) in [5, 5.41) is 11.6. The highest BCUT2D eigenvalue weighted by Gasteiger charge is 2.18. The van der Waals surface area contributed by atoms with Gasteiger partial charge in [-0.3, -0.25) is 9.69 Å². The molecule has 2 rings (SSSR count). The van der Waals surface area contributed by atoms with Gasteiger partial charge in [0.15, 0.2) is 0 Å². The van der Waals surface area contributed by atoms with Gasteiger partial charge < -0.3 is 14.8 Å². The normalized spacial score (nSPS) is 10.1. The van der Waals surface area contributed by atoms with E-state index in [1.165, 1.54) is 4.90 Å². The number of carbonyl (C=O) groups excluding carboxylic acids is 1. The number of anilines is 1.